The van der Waals surface area contributed by atoms with Crippen LogP contribution in [0.25, 0.3) is 5.70 Å². The number of aryl methyl sites for hydroxylation is 1. The zero-order valence-electron chi connectivity index (χ0n) is 10.6. The Labute approximate surface area is 126 Å². The lowest BCUT2D eigenvalue weighted by atomic mass is 10.1. The summed E-state index contributed by atoms with van der Waals surface area (Å²) >= 11 is 9.90. The van der Waals surface area contributed by atoms with Gasteiger partial charge in [-0.1, -0.05) is 29.3 Å². The monoisotopic (exact) mass is 307 g/mol. The lowest BCUT2D eigenvalue weighted by molar-refractivity contribution is 1.11. The molecule has 0 saturated carbocycles. The molecule has 3 rings (SSSR count). The third-order valence-corrected chi connectivity index (χ3v) is 5.24. The van der Waals surface area contributed by atoms with Crippen LogP contribution in [0.1, 0.15) is 20.9 Å². The van der Waals surface area contributed by atoms with Gasteiger partial charge >= 0.3 is 0 Å². The van der Waals surface area contributed by atoms with Crippen LogP contribution in [0, 0.1) is 6.92 Å². The van der Waals surface area contributed by atoms with Crippen LogP contribution in [0.5, 0.6) is 0 Å². The predicted octanol–water partition coefficient (Wildman–Crippen LogP) is 4.89. The van der Waals surface area contributed by atoms with E-state index in [1.807, 2.05) is 29.2 Å². The molecule has 1 aliphatic rings. The van der Waals surface area contributed by atoms with Crippen molar-refractivity contribution in [3.63, 3.8) is 0 Å². The van der Waals surface area contributed by atoms with E-state index in [1.165, 1.54) is 26.6 Å². The second kappa shape index (κ2) is 5.61. The summed E-state index contributed by atoms with van der Waals surface area (Å²) in [6, 6.07) is 10.6. The van der Waals surface area contributed by atoms with Crippen LogP contribution in [-0.2, 0) is 6.42 Å². The fraction of sp³-hybridized carbons (Fsp3) is 0.200. The predicted molar refractivity (Wildman–Crippen MR) is 86.9 cm³/mol. The average molecular weight is 308 g/mol. The molecule has 1 aromatic heterocycles. The average Bonchev–Trinajstić information content (AvgIpc) is 3.04. The summed E-state index contributed by atoms with van der Waals surface area (Å²) in [6.07, 6.45) is 0.908. The Morgan fingerprint density at radius 1 is 1.26 bits per heavy atom. The first kappa shape index (κ1) is 13.1. The lowest BCUT2D eigenvalue weighted by Gasteiger charge is -2.04. The Morgan fingerprint density at radius 2 is 2.16 bits per heavy atom. The summed E-state index contributed by atoms with van der Waals surface area (Å²) in [5.74, 6) is 0.978. The van der Waals surface area contributed by atoms with E-state index in [4.69, 9.17) is 11.6 Å². The topological polar surface area (TPSA) is 12.0 Å². The third-order valence-electron chi connectivity index (χ3n) is 3.04. The van der Waals surface area contributed by atoms with Crippen LogP contribution in [-0.4, -0.2) is 5.88 Å². The minimum Gasteiger partial charge on any atom is -0.374 e. The van der Waals surface area contributed by atoms with Crippen molar-refractivity contribution in [1.29, 1.82) is 0 Å². The van der Waals surface area contributed by atoms with E-state index in [9.17, 15) is 0 Å². The maximum Gasteiger partial charge on any atom is 0.0652 e. The van der Waals surface area contributed by atoms with Crippen molar-refractivity contribution in [2.75, 3.05) is 5.88 Å². The number of hydrogen-bond donors (Lipinski definition) is 1. The first-order valence-corrected chi connectivity index (χ1v) is 8.36. The summed E-state index contributed by atoms with van der Waals surface area (Å²) < 4.78 is 0. The molecule has 1 nitrogen and oxygen atoms in total. The molecule has 98 valence electrons. The zero-order chi connectivity index (χ0) is 13.2. The Kier molecular flexibility index (Phi) is 3.87. The van der Waals surface area contributed by atoms with Crippen LogP contribution >= 0.6 is 34.7 Å². The Balaban J connectivity index is 1.82. The second-order valence-corrected chi connectivity index (χ2v) is 6.99. The molecule has 0 unspecified atom stereocenters. The molecule has 0 radical (unpaired) electrons. The fourth-order valence-corrected chi connectivity index (χ4v) is 4.06. The van der Waals surface area contributed by atoms with Crippen LogP contribution < -0.4 is 5.32 Å². The highest BCUT2D eigenvalue weighted by Gasteiger charge is 2.10. The van der Waals surface area contributed by atoms with Crippen LogP contribution in [0.4, 0.5) is 0 Å². The summed E-state index contributed by atoms with van der Waals surface area (Å²) in [4.78, 5) is 2.66. The van der Waals surface area contributed by atoms with E-state index in [1.54, 1.807) is 0 Å². The number of rotatable bonds is 3. The van der Waals surface area contributed by atoms with Gasteiger partial charge in [0.1, 0.15) is 0 Å². The number of halogens is 1. The highest BCUT2D eigenvalue weighted by Crippen LogP contribution is 2.30. The van der Waals surface area contributed by atoms with E-state index >= 15 is 0 Å². The van der Waals surface area contributed by atoms with Gasteiger partial charge in [-0.05, 0) is 36.1 Å². The molecule has 0 amide bonds. The van der Waals surface area contributed by atoms with Gasteiger partial charge in [-0.15, -0.1) is 23.1 Å². The van der Waals surface area contributed by atoms with Crippen molar-refractivity contribution in [3.8, 4) is 0 Å². The molecule has 0 saturated heterocycles. The largest absolute Gasteiger partial charge is 0.374 e. The van der Waals surface area contributed by atoms with Gasteiger partial charge in [0.25, 0.3) is 0 Å². The highest BCUT2D eigenvalue weighted by molar-refractivity contribution is 8.02. The van der Waals surface area contributed by atoms with E-state index in [-0.39, 0.29) is 0 Å². The lowest BCUT2D eigenvalue weighted by Crippen LogP contribution is -2.03. The van der Waals surface area contributed by atoms with Crippen molar-refractivity contribution >= 4 is 40.4 Å². The summed E-state index contributed by atoms with van der Waals surface area (Å²) in [7, 11) is 0. The Morgan fingerprint density at radius 3 is 2.95 bits per heavy atom. The molecule has 0 atom stereocenters. The quantitative estimate of drug-likeness (QED) is 0.866. The van der Waals surface area contributed by atoms with Gasteiger partial charge in [0.15, 0.2) is 0 Å². The maximum atomic E-state index is 6.26. The third kappa shape index (κ3) is 2.99. The number of thiophene rings is 1. The molecule has 0 fully saturated rings. The molecule has 1 aliphatic heterocycles. The standard InChI is InChI=1S/C15H14ClNS2/c1-10-2-4-13(16)11(6-10)7-12-3-5-15(19-12)14-8-18-9-17-14/h2-6,8,17H,7,9H2,1H3. The smallest absolute Gasteiger partial charge is 0.0652 e. The fourth-order valence-electron chi connectivity index (χ4n) is 2.08. The molecule has 2 heterocycles. The van der Waals surface area contributed by atoms with E-state index < -0.39 is 0 Å². The molecule has 4 heteroatoms. The zero-order valence-corrected chi connectivity index (χ0v) is 13.0. The first-order chi connectivity index (χ1) is 9.22. The molecule has 1 aromatic carbocycles. The number of nitrogens with one attached hydrogen (secondary N) is 1. The molecule has 0 spiro atoms. The minimum atomic E-state index is 0.856. The number of benzene rings is 1. The van der Waals surface area contributed by atoms with E-state index in [0.717, 1.165) is 17.3 Å². The molecule has 2 aromatic rings. The van der Waals surface area contributed by atoms with E-state index in [0.29, 0.717) is 0 Å². The van der Waals surface area contributed by atoms with Crippen molar-refractivity contribution in [3.05, 3.63) is 61.6 Å². The van der Waals surface area contributed by atoms with Gasteiger partial charge in [0.05, 0.1) is 16.5 Å². The summed E-state index contributed by atoms with van der Waals surface area (Å²) in [6.45, 7) is 2.10. The van der Waals surface area contributed by atoms with Crippen molar-refractivity contribution < 1.29 is 0 Å². The number of hydrogen-bond acceptors (Lipinski definition) is 3. The maximum absolute atomic E-state index is 6.26. The molecular weight excluding hydrogens is 294 g/mol. The SMILES string of the molecule is Cc1ccc(Cl)c(Cc2ccc(C3=CSCN3)s2)c1. The van der Waals surface area contributed by atoms with Crippen molar-refractivity contribution in [2.24, 2.45) is 0 Å². The normalized spacial score (nSPS) is 14.3. The van der Waals surface area contributed by atoms with Crippen LogP contribution in [0.2, 0.25) is 5.02 Å². The second-order valence-electron chi connectivity index (χ2n) is 4.56. The van der Waals surface area contributed by atoms with Gasteiger partial charge < -0.3 is 5.32 Å². The molecule has 19 heavy (non-hydrogen) atoms. The van der Waals surface area contributed by atoms with Gasteiger partial charge in [-0.25, -0.2) is 0 Å². The van der Waals surface area contributed by atoms with Crippen molar-refractivity contribution in [2.45, 2.75) is 13.3 Å². The van der Waals surface area contributed by atoms with Crippen molar-refractivity contribution in [1.82, 2.24) is 5.32 Å². The van der Waals surface area contributed by atoms with Gasteiger partial charge in [-0.3, -0.25) is 0 Å². The number of thioether (sulfide) groups is 1. The molecule has 0 bridgehead atoms. The summed E-state index contributed by atoms with van der Waals surface area (Å²) in [5.41, 5.74) is 3.71. The highest BCUT2D eigenvalue weighted by atomic mass is 35.5. The van der Waals surface area contributed by atoms with Gasteiger partial charge in [0, 0.05) is 16.3 Å². The minimum absolute atomic E-state index is 0.856. The molecular formula is C15H14ClNS2. The van der Waals surface area contributed by atoms with E-state index in [2.05, 4.69) is 41.9 Å². The molecule has 1 N–H and O–H groups in total. The Bertz CT molecular complexity index is 631. The molecule has 0 aliphatic carbocycles. The van der Waals surface area contributed by atoms with Gasteiger partial charge in [0.2, 0.25) is 0 Å². The summed E-state index contributed by atoms with van der Waals surface area (Å²) in [5, 5.41) is 6.42. The Hall–Kier alpha value is -0.900. The van der Waals surface area contributed by atoms with Crippen LogP contribution in [0.3, 0.4) is 0 Å². The van der Waals surface area contributed by atoms with Crippen LogP contribution in [0.15, 0.2) is 35.7 Å². The van der Waals surface area contributed by atoms with Gasteiger partial charge in [-0.2, -0.15) is 0 Å². The first-order valence-electron chi connectivity index (χ1n) is 6.12.